The van der Waals surface area contributed by atoms with E-state index in [4.69, 9.17) is 4.74 Å². The summed E-state index contributed by atoms with van der Waals surface area (Å²) in [6, 6.07) is 10.8. The van der Waals surface area contributed by atoms with Gasteiger partial charge in [0.1, 0.15) is 9.96 Å². The van der Waals surface area contributed by atoms with Gasteiger partial charge in [0.15, 0.2) is 0 Å². The Hall–Kier alpha value is -1.65. The van der Waals surface area contributed by atoms with Gasteiger partial charge in [-0.1, -0.05) is 6.07 Å². The van der Waals surface area contributed by atoms with Gasteiger partial charge < -0.3 is 20.1 Å². The van der Waals surface area contributed by atoms with Crippen LogP contribution in [0.3, 0.4) is 0 Å². The van der Waals surface area contributed by atoms with Crippen LogP contribution in [0.5, 0.6) is 5.75 Å². The minimum absolute atomic E-state index is 0.00127. The van der Waals surface area contributed by atoms with E-state index < -0.39 is 10.0 Å². The highest BCUT2D eigenvalue weighted by atomic mass is 32.2. The Morgan fingerprint density at radius 1 is 1.19 bits per heavy atom. The molecule has 1 atom stereocenters. The van der Waals surface area contributed by atoms with Crippen LogP contribution in [0.15, 0.2) is 46.0 Å². The highest BCUT2D eigenvalue weighted by Crippen LogP contribution is 2.27. The van der Waals surface area contributed by atoms with E-state index in [2.05, 4.69) is 10.2 Å². The quantitative estimate of drug-likeness (QED) is 0.749. The number of ether oxygens (including phenoxy) is 1. The second-order valence-corrected chi connectivity index (χ2v) is 9.91. The van der Waals surface area contributed by atoms with Gasteiger partial charge >= 0.3 is 0 Å². The maximum Gasteiger partial charge on any atom is 0.252 e. The molecule has 2 aliphatic rings. The SMILES string of the molecule is O=S(=O)(c1cccs1)N1CCN(c2ccc(O)cc2)[C@@H](CNC2COC2)C1. The molecule has 4 rings (SSSR count). The Morgan fingerprint density at radius 2 is 1.96 bits per heavy atom. The fraction of sp³-hybridized carbons (Fsp3) is 0.444. The normalized spacial score (nSPS) is 21.9. The van der Waals surface area contributed by atoms with Crippen molar-refractivity contribution in [2.45, 2.75) is 16.3 Å². The predicted molar refractivity (Wildman–Crippen MR) is 105 cm³/mol. The fourth-order valence-corrected chi connectivity index (χ4v) is 6.01. The summed E-state index contributed by atoms with van der Waals surface area (Å²) in [6.07, 6.45) is 0. The van der Waals surface area contributed by atoms with Gasteiger partial charge in [-0.25, -0.2) is 8.42 Å². The highest BCUT2D eigenvalue weighted by molar-refractivity contribution is 7.91. The molecule has 0 saturated carbocycles. The minimum atomic E-state index is -3.46. The lowest BCUT2D eigenvalue weighted by molar-refractivity contribution is -0.00580. The third-order valence-electron chi connectivity index (χ3n) is 5.00. The first-order valence-electron chi connectivity index (χ1n) is 8.94. The molecule has 1 aromatic carbocycles. The third kappa shape index (κ3) is 3.97. The van der Waals surface area contributed by atoms with Crippen LogP contribution >= 0.6 is 11.3 Å². The van der Waals surface area contributed by atoms with Gasteiger partial charge in [0, 0.05) is 31.9 Å². The number of nitrogens with one attached hydrogen (secondary N) is 1. The van der Waals surface area contributed by atoms with Crippen molar-refractivity contribution in [1.82, 2.24) is 9.62 Å². The molecule has 2 aromatic rings. The number of aromatic hydroxyl groups is 1. The number of piperazine rings is 1. The van der Waals surface area contributed by atoms with Gasteiger partial charge in [0.2, 0.25) is 0 Å². The molecule has 2 aliphatic heterocycles. The number of thiophene rings is 1. The molecule has 9 heteroatoms. The first-order chi connectivity index (χ1) is 13.0. The van der Waals surface area contributed by atoms with Crippen molar-refractivity contribution < 1.29 is 18.3 Å². The van der Waals surface area contributed by atoms with Crippen LogP contribution in [-0.4, -0.2) is 69.3 Å². The molecule has 0 amide bonds. The number of hydrogen-bond donors (Lipinski definition) is 2. The average Bonchev–Trinajstić information content (AvgIpc) is 3.17. The maximum absolute atomic E-state index is 12.9. The van der Waals surface area contributed by atoms with Gasteiger partial charge in [-0.05, 0) is 35.7 Å². The Bertz CT molecular complexity index is 851. The van der Waals surface area contributed by atoms with Gasteiger partial charge in [-0.2, -0.15) is 4.31 Å². The monoisotopic (exact) mass is 409 g/mol. The van der Waals surface area contributed by atoms with Crippen LogP contribution in [0.4, 0.5) is 5.69 Å². The molecular formula is C18H23N3O4S2. The zero-order valence-electron chi connectivity index (χ0n) is 14.8. The van der Waals surface area contributed by atoms with E-state index in [9.17, 15) is 13.5 Å². The van der Waals surface area contributed by atoms with Crippen molar-refractivity contribution in [3.63, 3.8) is 0 Å². The number of hydrogen-bond acceptors (Lipinski definition) is 7. The Kier molecular flexibility index (Phi) is 5.38. The zero-order valence-corrected chi connectivity index (χ0v) is 16.5. The maximum atomic E-state index is 12.9. The second kappa shape index (κ2) is 7.76. The zero-order chi connectivity index (χ0) is 18.9. The van der Waals surface area contributed by atoms with Crippen LogP contribution in [0, 0.1) is 0 Å². The lowest BCUT2D eigenvalue weighted by Crippen LogP contribution is -2.60. The fourth-order valence-electron chi connectivity index (χ4n) is 3.40. The average molecular weight is 410 g/mol. The molecule has 2 fully saturated rings. The van der Waals surface area contributed by atoms with E-state index in [1.54, 1.807) is 34.0 Å². The van der Waals surface area contributed by atoms with Crippen LogP contribution in [0.2, 0.25) is 0 Å². The van der Waals surface area contributed by atoms with E-state index in [0.717, 1.165) is 5.69 Å². The van der Waals surface area contributed by atoms with Crippen molar-refractivity contribution in [2.24, 2.45) is 0 Å². The number of phenols is 1. The molecule has 3 heterocycles. The molecular weight excluding hydrogens is 386 g/mol. The van der Waals surface area contributed by atoms with E-state index in [1.807, 2.05) is 12.1 Å². The van der Waals surface area contributed by atoms with Crippen LogP contribution in [-0.2, 0) is 14.8 Å². The summed E-state index contributed by atoms with van der Waals surface area (Å²) >= 11 is 1.25. The van der Waals surface area contributed by atoms with Crippen LogP contribution in [0.25, 0.3) is 0 Å². The lowest BCUT2D eigenvalue weighted by atomic mass is 10.1. The van der Waals surface area contributed by atoms with Crippen molar-refractivity contribution in [2.75, 3.05) is 44.3 Å². The van der Waals surface area contributed by atoms with Crippen molar-refractivity contribution in [3.8, 4) is 5.75 Å². The molecule has 0 radical (unpaired) electrons. The molecule has 27 heavy (non-hydrogen) atoms. The molecule has 146 valence electrons. The van der Waals surface area contributed by atoms with Gasteiger partial charge in [0.05, 0.1) is 25.3 Å². The summed E-state index contributed by atoms with van der Waals surface area (Å²) in [7, 11) is -3.46. The third-order valence-corrected chi connectivity index (χ3v) is 8.23. The van der Waals surface area contributed by atoms with E-state index >= 15 is 0 Å². The van der Waals surface area contributed by atoms with Crippen molar-refractivity contribution >= 4 is 27.0 Å². The second-order valence-electron chi connectivity index (χ2n) is 6.80. The number of benzene rings is 1. The number of phenolic OH excluding ortho intramolecular Hbond substituents is 1. The minimum Gasteiger partial charge on any atom is -0.508 e. The highest BCUT2D eigenvalue weighted by Gasteiger charge is 2.35. The number of rotatable bonds is 6. The summed E-state index contributed by atoms with van der Waals surface area (Å²) in [5.41, 5.74) is 0.984. The Balaban J connectivity index is 1.53. The van der Waals surface area contributed by atoms with Crippen LogP contribution in [0.1, 0.15) is 0 Å². The number of nitrogens with zero attached hydrogens (tertiary/aromatic N) is 2. The first kappa shape index (κ1) is 18.7. The summed E-state index contributed by atoms with van der Waals surface area (Å²) in [6.45, 7) is 3.52. The topological polar surface area (TPSA) is 82.1 Å². The van der Waals surface area contributed by atoms with Crippen LogP contribution < -0.4 is 10.2 Å². The van der Waals surface area contributed by atoms with Gasteiger partial charge in [-0.3, -0.25) is 0 Å². The van der Waals surface area contributed by atoms with Crippen molar-refractivity contribution in [3.05, 3.63) is 41.8 Å². The number of sulfonamides is 1. The number of anilines is 1. The molecule has 1 aromatic heterocycles. The van der Waals surface area contributed by atoms with E-state index in [0.29, 0.717) is 49.6 Å². The van der Waals surface area contributed by atoms with E-state index in [1.165, 1.54) is 11.3 Å². The molecule has 2 saturated heterocycles. The first-order valence-corrected chi connectivity index (χ1v) is 11.3. The standard InChI is InChI=1S/C18H23N3O4S2/c22-17-5-3-15(4-6-17)21-8-7-20(27(23,24)18-2-1-9-26-18)11-16(21)10-19-14-12-25-13-14/h1-6,9,14,16,19,22H,7-8,10-13H2/t16-/m0/s1. The Labute approximate surface area is 163 Å². The molecule has 2 N–H and O–H groups in total. The molecule has 0 spiro atoms. The molecule has 0 bridgehead atoms. The summed E-state index contributed by atoms with van der Waals surface area (Å²) in [5, 5.41) is 14.8. The molecule has 0 unspecified atom stereocenters. The van der Waals surface area contributed by atoms with Gasteiger partial charge in [0.25, 0.3) is 10.0 Å². The molecule has 0 aliphatic carbocycles. The summed E-state index contributed by atoms with van der Waals surface area (Å²) in [4.78, 5) is 2.21. The Morgan fingerprint density at radius 3 is 2.59 bits per heavy atom. The van der Waals surface area contributed by atoms with Crippen molar-refractivity contribution in [1.29, 1.82) is 0 Å². The predicted octanol–water partition coefficient (Wildman–Crippen LogP) is 1.32. The summed E-state index contributed by atoms with van der Waals surface area (Å²) < 4.78 is 33.0. The smallest absolute Gasteiger partial charge is 0.252 e. The largest absolute Gasteiger partial charge is 0.508 e. The molecule has 7 nitrogen and oxygen atoms in total. The van der Waals surface area contributed by atoms with E-state index in [-0.39, 0.29) is 11.8 Å². The lowest BCUT2D eigenvalue weighted by Gasteiger charge is -2.43. The van der Waals surface area contributed by atoms with Gasteiger partial charge in [-0.15, -0.1) is 11.3 Å². The summed E-state index contributed by atoms with van der Waals surface area (Å²) in [5.74, 6) is 0.221.